The molecule has 0 unspecified atom stereocenters. The highest BCUT2D eigenvalue weighted by atomic mass is 16.5. The minimum absolute atomic E-state index is 0.127. The molecule has 0 aliphatic carbocycles. The van der Waals surface area contributed by atoms with Crippen LogP contribution in [0.25, 0.3) is 0 Å². The molecule has 2 rings (SSSR count). The average Bonchev–Trinajstić information content (AvgIpc) is 3.09. The molecular formula is C17H22N2O5. The van der Waals surface area contributed by atoms with E-state index < -0.39 is 24.1 Å². The molecule has 0 spiro atoms. The summed E-state index contributed by atoms with van der Waals surface area (Å²) >= 11 is 0. The molecule has 0 bridgehead atoms. The van der Waals surface area contributed by atoms with Crippen molar-refractivity contribution in [3.63, 3.8) is 0 Å². The fourth-order valence-electron chi connectivity index (χ4n) is 2.66. The Kier molecular flexibility index (Phi) is 6.17. The Morgan fingerprint density at radius 2 is 2.00 bits per heavy atom. The van der Waals surface area contributed by atoms with Gasteiger partial charge in [-0.05, 0) is 25.3 Å². The first-order chi connectivity index (χ1) is 11.5. The van der Waals surface area contributed by atoms with Crippen molar-refractivity contribution in [2.45, 2.75) is 38.5 Å². The molecule has 130 valence electrons. The third-order valence-corrected chi connectivity index (χ3v) is 3.93. The van der Waals surface area contributed by atoms with E-state index >= 15 is 0 Å². The van der Waals surface area contributed by atoms with Crippen LogP contribution in [-0.4, -0.2) is 48.6 Å². The molecule has 1 aliphatic rings. The lowest BCUT2D eigenvalue weighted by atomic mass is 10.2. The van der Waals surface area contributed by atoms with Crippen molar-refractivity contribution in [2.75, 3.05) is 13.7 Å². The molecule has 0 saturated carbocycles. The number of hydrogen-bond acceptors (Lipinski definition) is 5. The van der Waals surface area contributed by atoms with Crippen molar-refractivity contribution in [3.8, 4) is 0 Å². The molecule has 0 aromatic heterocycles. The molecule has 2 amide bonds. The number of hydrogen-bond donors (Lipinski definition) is 1. The van der Waals surface area contributed by atoms with Crippen LogP contribution in [-0.2, 0) is 25.7 Å². The summed E-state index contributed by atoms with van der Waals surface area (Å²) in [6, 6.07) is 7.90. The average molecular weight is 334 g/mol. The first-order valence-corrected chi connectivity index (χ1v) is 7.88. The number of carbonyl (C=O) groups is 3. The maximum Gasteiger partial charge on any atom is 0.408 e. The van der Waals surface area contributed by atoms with Crippen LogP contribution in [0.4, 0.5) is 4.79 Å². The predicted octanol–water partition coefficient (Wildman–Crippen LogP) is 1.47. The van der Waals surface area contributed by atoms with Crippen LogP contribution in [0.3, 0.4) is 0 Å². The molecule has 7 nitrogen and oxygen atoms in total. The summed E-state index contributed by atoms with van der Waals surface area (Å²) in [6.45, 7) is 2.17. The summed E-state index contributed by atoms with van der Waals surface area (Å²) in [5, 5.41) is 2.50. The normalized spacial score (nSPS) is 17.9. The maximum absolute atomic E-state index is 12.4. The highest BCUT2D eigenvalue weighted by molar-refractivity contribution is 5.89. The molecule has 1 aromatic rings. The SMILES string of the molecule is COC(=O)[C@H]1CCCN1C(=O)[C@@H](C)NC(=O)OCc1ccccc1. The van der Waals surface area contributed by atoms with Crippen molar-refractivity contribution < 1.29 is 23.9 Å². The van der Waals surface area contributed by atoms with E-state index in [0.717, 1.165) is 12.0 Å². The smallest absolute Gasteiger partial charge is 0.408 e. The Hall–Kier alpha value is -2.57. The second-order valence-corrected chi connectivity index (χ2v) is 5.64. The molecule has 1 saturated heterocycles. The van der Waals surface area contributed by atoms with Crippen molar-refractivity contribution in [1.82, 2.24) is 10.2 Å². The van der Waals surface area contributed by atoms with Crippen molar-refractivity contribution >= 4 is 18.0 Å². The molecule has 1 aliphatic heterocycles. The quantitative estimate of drug-likeness (QED) is 0.824. The van der Waals surface area contributed by atoms with Gasteiger partial charge in [-0.2, -0.15) is 0 Å². The number of carbonyl (C=O) groups excluding carboxylic acids is 3. The minimum atomic E-state index is -0.779. The van der Waals surface area contributed by atoms with Crippen LogP contribution in [0.1, 0.15) is 25.3 Å². The Morgan fingerprint density at radius 1 is 1.29 bits per heavy atom. The number of esters is 1. The Bertz CT molecular complexity index is 590. The van der Waals surface area contributed by atoms with Gasteiger partial charge in [0.1, 0.15) is 18.7 Å². The number of nitrogens with zero attached hydrogens (tertiary/aromatic N) is 1. The van der Waals surface area contributed by atoms with E-state index in [1.807, 2.05) is 30.3 Å². The fraction of sp³-hybridized carbons (Fsp3) is 0.471. The van der Waals surface area contributed by atoms with Crippen LogP contribution in [0, 0.1) is 0 Å². The second kappa shape index (κ2) is 8.33. The summed E-state index contributed by atoms with van der Waals surface area (Å²) in [4.78, 5) is 37.4. The Balaban J connectivity index is 1.84. The van der Waals surface area contributed by atoms with Gasteiger partial charge in [-0.3, -0.25) is 4.79 Å². The van der Waals surface area contributed by atoms with E-state index in [9.17, 15) is 14.4 Å². The maximum atomic E-state index is 12.4. The van der Waals surface area contributed by atoms with E-state index in [4.69, 9.17) is 9.47 Å². The van der Waals surface area contributed by atoms with Crippen molar-refractivity contribution in [1.29, 1.82) is 0 Å². The van der Waals surface area contributed by atoms with Crippen LogP contribution in [0.5, 0.6) is 0 Å². The van der Waals surface area contributed by atoms with Gasteiger partial charge >= 0.3 is 12.1 Å². The number of nitrogens with one attached hydrogen (secondary N) is 1. The summed E-state index contributed by atoms with van der Waals surface area (Å²) in [6.07, 6.45) is 0.633. The number of likely N-dealkylation sites (tertiary alicyclic amines) is 1. The minimum Gasteiger partial charge on any atom is -0.467 e. The van der Waals surface area contributed by atoms with Gasteiger partial charge in [0, 0.05) is 6.54 Å². The lowest BCUT2D eigenvalue weighted by Crippen LogP contribution is -2.50. The molecular weight excluding hydrogens is 312 g/mol. The van der Waals surface area contributed by atoms with E-state index in [2.05, 4.69) is 5.32 Å². The van der Waals surface area contributed by atoms with Crippen LogP contribution in [0.15, 0.2) is 30.3 Å². The molecule has 7 heteroatoms. The van der Waals surface area contributed by atoms with Crippen molar-refractivity contribution in [3.05, 3.63) is 35.9 Å². The highest BCUT2D eigenvalue weighted by Crippen LogP contribution is 2.19. The number of rotatable bonds is 5. The van der Waals surface area contributed by atoms with Gasteiger partial charge in [0.2, 0.25) is 5.91 Å². The van der Waals surface area contributed by atoms with E-state index in [1.165, 1.54) is 12.0 Å². The van der Waals surface area contributed by atoms with E-state index in [1.54, 1.807) is 6.92 Å². The van der Waals surface area contributed by atoms with Gasteiger partial charge < -0.3 is 19.7 Å². The first-order valence-electron chi connectivity index (χ1n) is 7.88. The van der Waals surface area contributed by atoms with Gasteiger partial charge in [0.15, 0.2) is 0 Å². The number of amides is 2. The number of alkyl carbamates (subject to hydrolysis) is 1. The zero-order chi connectivity index (χ0) is 17.5. The topological polar surface area (TPSA) is 84.9 Å². The summed E-state index contributed by atoms with van der Waals surface area (Å²) in [7, 11) is 1.30. The van der Waals surface area contributed by atoms with Crippen LogP contribution < -0.4 is 5.32 Å². The molecule has 1 aromatic carbocycles. The van der Waals surface area contributed by atoms with Crippen molar-refractivity contribution in [2.24, 2.45) is 0 Å². The zero-order valence-corrected chi connectivity index (χ0v) is 13.9. The fourth-order valence-corrected chi connectivity index (χ4v) is 2.66. The standard InChI is InChI=1S/C17H22N2O5/c1-12(15(20)19-10-6-9-14(19)16(21)23-2)18-17(22)24-11-13-7-4-3-5-8-13/h3-5,7-8,12,14H,6,9-11H2,1-2H3,(H,18,22)/t12-,14-/m1/s1. The molecule has 1 N–H and O–H groups in total. The van der Waals surface area contributed by atoms with Gasteiger partial charge in [-0.1, -0.05) is 30.3 Å². The van der Waals surface area contributed by atoms with Gasteiger partial charge in [0.05, 0.1) is 7.11 Å². The second-order valence-electron chi connectivity index (χ2n) is 5.64. The molecule has 1 heterocycles. The van der Waals surface area contributed by atoms with E-state index in [-0.39, 0.29) is 12.5 Å². The lowest BCUT2D eigenvalue weighted by molar-refractivity contribution is -0.151. The lowest BCUT2D eigenvalue weighted by Gasteiger charge is -2.26. The largest absolute Gasteiger partial charge is 0.467 e. The first kappa shape index (κ1) is 17.8. The van der Waals surface area contributed by atoms with Gasteiger partial charge in [0.25, 0.3) is 0 Å². The summed E-state index contributed by atoms with van der Waals surface area (Å²) < 4.78 is 9.81. The molecule has 24 heavy (non-hydrogen) atoms. The van der Waals surface area contributed by atoms with E-state index in [0.29, 0.717) is 13.0 Å². The molecule has 0 radical (unpaired) electrons. The summed E-state index contributed by atoms with van der Waals surface area (Å²) in [5.74, 6) is -0.751. The number of methoxy groups -OCH3 is 1. The van der Waals surface area contributed by atoms with Crippen LogP contribution in [0.2, 0.25) is 0 Å². The monoisotopic (exact) mass is 334 g/mol. The number of benzene rings is 1. The van der Waals surface area contributed by atoms with Crippen LogP contribution >= 0.6 is 0 Å². The molecule has 2 atom stereocenters. The van der Waals surface area contributed by atoms with Gasteiger partial charge in [-0.15, -0.1) is 0 Å². The van der Waals surface area contributed by atoms with Gasteiger partial charge in [-0.25, -0.2) is 9.59 Å². The Morgan fingerprint density at radius 3 is 2.67 bits per heavy atom. The number of ether oxygens (including phenoxy) is 2. The third-order valence-electron chi connectivity index (χ3n) is 3.93. The third kappa shape index (κ3) is 4.47. The predicted molar refractivity (Wildman–Crippen MR) is 86.0 cm³/mol. The summed E-state index contributed by atoms with van der Waals surface area (Å²) in [5.41, 5.74) is 0.858. The molecule has 1 fully saturated rings. The zero-order valence-electron chi connectivity index (χ0n) is 13.9. The highest BCUT2D eigenvalue weighted by Gasteiger charge is 2.37. The Labute approximate surface area is 140 Å².